The number of para-hydroxylation sites is 1. The first kappa shape index (κ1) is 21.8. The molecule has 0 saturated carbocycles. The Morgan fingerprint density at radius 3 is 2.60 bits per heavy atom. The predicted octanol–water partition coefficient (Wildman–Crippen LogP) is 3.05. The number of ether oxygens (including phenoxy) is 2. The van der Waals surface area contributed by atoms with Crippen molar-refractivity contribution in [1.82, 2.24) is 4.72 Å². The number of amidine groups is 1. The average Bonchev–Trinajstić information content (AvgIpc) is 2.99. The lowest BCUT2D eigenvalue weighted by Gasteiger charge is -2.08. The fourth-order valence-electron chi connectivity index (χ4n) is 2.94. The third-order valence-corrected chi connectivity index (χ3v) is 5.81. The minimum Gasteiger partial charge on any atom is -0.487 e. The minimum absolute atomic E-state index is 0.0559. The lowest BCUT2D eigenvalue weighted by Crippen LogP contribution is -2.22. The maximum absolute atomic E-state index is 13.4. The predicted molar refractivity (Wildman–Crippen MR) is 109 cm³/mol. The van der Waals surface area contributed by atoms with E-state index in [1.807, 2.05) is 0 Å². The number of aliphatic imine (C=N–C) groups is 1. The zero-order valence-corrected chi connectivity index (χ0v) is 17.2. The third-order valence-electron chi connectivity index (χ3n) is 4.41. The van der Waals surface area contributed by atoms with Crippen molar-refractivity contribution in [2.45, 2.75) is 30.6 Å². The molecule has 1 aliphatic rings. The van der Waals surface area contributed by atoms with Gasteiger partial charge in [-0.15, -0.1) is 0 Å². The van der Waals surface area contributed by atoms with Gasteiger partial charge in [0.2, 0.25) is 0 Å². The molecule has 3 rings (SSSR count). The van der Waals surface area contributed by atoms with Crippen molar-refractivity contribution in [3.8, 4) is 5.75 Å². The fraction of sp³-hybridized carbons (Fsp3) is 0.333. The number of fused-ring (bicyclic) bond motifs is 1. The van der Waals surface area contributed by atoms with Gasteiger partial charge in [0.25, 0.3) is 10.0 Å². The number of sulfonamides is 1. The Hall–Kier alpha value is -2.94. The summed E-state index contributed by atoms with van der Waals surface area (Å²) in [6.07, 6.45) is 2.38. The zero-order valence-electron chi connectivity index (χ0n) is 16.3. The van der Waals surface area contributed by atoms with Gasteiger partial charge in [0, 0.05) is 18.5 Å². The second kappa shape index (κ2) is 10.2. The summed E-state index contributed by atoms with van der Waals surface area (Å²) in [5.74, 6) is -0.306. The lowest BCUT2D eigenvalue weighted by atomic mass is 10.2. The van der Waals surface area contributed by atoms with E-state index in [4.69, 9.17) is 9.47 Å². The van der Waals surface area contributed by atoms with E-state index in [1.54, 1.807) is 36.4 Å². The normalized spacial score (nSPS) is 15.4. The second-order valence-corrected chi connectivity index (χ2v) is 8.29. The second-order valence-electron chi connectivity index (χ2n) is 6.64. The van der Waals surface area contributed by atoms with Gasteiger partial charge in [0.1, 0.15) is 19.0 Å². The molecule has 9 heteroatoms. The molecule has 2 aromatic carbocycles. The van der Waals surface area contributed by atoms with Crippen LogP contribution in [0, 0.1) is 5.82 Å². The molecule has 0 aliphatic carbocycles. The number of esters is 1. The molecule has 0 bridgehead atoms. The highest BCUT2D eigenvalue weighted by atomic mass is 32.2. The molecule has 7 nitrogen and oxygen atoms in total. The molecule has 0 radical (unpaired) electrons. The van der Waals surface area contributed by atoms with E-state index in [0.29, 0.717) is 24.4 Å². The van der Waals surface area contributed by atoms with Crippen molar-refractivity contribution in [1.29, 1.82) is 0 Å². The Morgan fingerprint density at radius 2 is 1.77 bits per heavy atom. The zero-order chi connectivity index (χ0) is 21.4. The third kappa shape index (κ3) is 5.79. The Kier molecular flexibility index (Phi) is 7.40. The van der Waals surface area contributed by atoms with E-state index in [0.717, 1.165) is 12.8 Å². The van der Waals surface area contributed by atoms with Crippen molar-refractivity contribution >= 4 is 21.8 Å². The molecular formula is C21H23FN2O5S. The number of hydrogen-bond acceptors (Lipinski definition) is 6. The van der Waals surface area contributed by atoms with Crippen LogP contribution in [-0.2, 0) is 19.6 Å². The van der Waals surface area contributed by atoms with Gasteiger partial charge in [-0.3, -0.25) is 14.5 Å². The lowest BCUT2D eigenvalue weighted by molar-refractivity contribution is -0.144. The number of carbonyl (C=O) groups is 1. The highest BCUT2D eigenvalue weighted by Crippen LogP contribution is 2.22. The van der Waals surface area contributed by atoms with Crippen LogP contribution in [0.25, 0.3) is 0 Å². The van der Waals surface area contributed by atoms with Crippen LogP contribution in [0.1, 0.15) is 31.2 Å². The highest BCUT2D eigenvalue weighted by molar-refractivity contribution is 7.90. The van der Waals surface area contributed by atoms with Crippen molar-refractivity contribution in [2.75, 3.05) is 19.8 Å². The maximum atomic E-state index is 13.4. The molecule has 0 spiro atoms. The van der Waals surface area contributed by atoms with Crippen LogP contribution in [0.4, 0.5) is 4.39 Å². The monoisotopic (exact) mass is 434 g/mol. The fourth-order valence-corrected chi connectivity index (χ4v) is 4.19. The smallest absolute Gasteiger partial charge is 0.305 e. The summed E-state index contributed by atoms with van der Waals surface area (Å²) in [6.45, 7) is 0.597. The number of unbranched alkanes of at least 4 members (excludes halogenated alkanes) is 2. The van der Waals surface area contributed by atoms with Crippen molar-refractivity contribution in [2.24, 2.45) is 4.99 Å². The van der Waals surface area contributed by atoms with Gasteiger partial charge >= 0.3 is 5.97 Å². The van der Waals surface area contributed by atoms with Crippen LogP contribution in [-0.4, -0.2) is 40.0 Å². The first-order valence-corrected chi connectivity index (χ1v) is 11.2. The summed E-state index contributed by atoms with van der Waals surface area (Å²) in [4.78, 5) is 16.3. The summed E-state index contributed by atoms with van der Waals surface area (Å²) < 4.78 is 50.1. The van der Waals surface area contributed by atoms with Gasteiger partial charge in [-0.1, -0.05) is 30.7 Å². The van der Waals surface area contributed by atoms with Gasteiger partial charge in [-0.05, 0) is 37.1 Å². The molecule has 160 valence electrons. The van der Waals surface area contributed by atoms with E-state index in [1.165, 1.54) is 12.1 Å². The molecule has 0 atom stereocenters. The van der Waals surface area contributed by atoms with E-state index >= 15 is 0 Å². The van der Waals surface area contributed by atoms with Crippen LogP contribution in [0.3, 0.4) is 0 Å². The molecule has 0 amide bonds. The van der Waals surface area contributed by atoms with Crippen LogP contribution in [0.5, 0.6) is 5.75 Å². The largest absolute Gasteiger partial charge is 0.487 e. The first-order chi connectivity index (χ1) is 14.5. The van der Waals surface area contributed by atoms with Crippen LogP contribution in [0.15, 0.2) is 58.4 Å². The minimum atomic E-state index is -3.52. The molecule has 1 aliphatic heterocycles. The Bertz CT molecular complexity index is 1020. The molecule has 0 aromatic heterocycles. The van der Waals surface area contributed by atoms with E-state index in [2.05, 4.69) is 9.71 Å². The molecule has 2 aromatic rings. The van der Waals surface area contributed by atoms with Gasteiger partial charge in [0.05, 0.1) is 4.90 Å². The van der Waals surface area contributed by atoms with Gasteiger partial charge in [0.15, 0.2) is 11.6 Å². The number of carbonyl (C=O) groups excluding carboxylic acids is 1. The standard InChI is InChI=1S/C21H23FN2O5S/c22-17-9-4-5-10-18(17)28-14-15-29-20(25)12-2-1-7-13-23-21-16-8-3-6-11-19(16)30(26,27)24-21/h3-6,8-11H,1-2,7,12-15H2,(H,23,24). The summed E-state index contributed by atoms with van der Waals surface area (Å²) in [7, 11) is -3.52. The maximum Gasteiger partial charge on any atom is 0.305 e. The van der Waals surface area contributed by atoms with Gasteiger partial charge in [-0.2, -0.15) is 0 Å². The Morgan fingerprint density at radius 1 is 1.00 bits per heavy atom. The number of halogens is 1. The Labute approximate surface area is 175 Å². The molecule has 1 N–H and O–H groups in total. The van der Waals surface area contributed by atoms with Crippen molar-refractivity contribution < 1.29 is 27.1 Å². The van der Waals surface area contributed by atoms with E-state index in [-0.39, 0.29) is 36.2 Å². The van der Waals surface area contributed by atoms with Crippen LogP contribution < -0.4 is 9.46 Å². The summed E-state index contributed by atoms with van der Waals surface area (Å²) >= 11 is 0. The quantitative estimate of drug-likeness (QED) is 0.458. The number of nitrogens with one attached hydrogen (secondary N) is 1. The summed E-state index contributed by atoms with van der Waals surface area (Å²) in [6, 6.07) is 12.7. The molecule has 0 fully saturated rings. The average molecular weight is 434 g/mol. The number of hydrogen-bond donors (Lipinski definition) is 1. The number of nitrogens with zero attached hydrogens (tertiary/aromatic N) is 1. The molecule has 0 saturated heterocycles. The Balaban J connectivity index is 1.29. The topological polar surface area (TPSA) is 94.1 Å². The van der Waals surface area contributed by atoms with E-state index < -0.39 is 15.8 Å². The van der Waals surface area contributed by atoms with Gasteiger partial charge < -0.3 is 9.47 Å². The van der Waals surface area contributed by atoms with Crippen molar-refractivity contribution in [3.05, 3.63) is 59.9 Å². The summed E-state index contributed by atoms with van der Waals surface area (Å²) in [5.41, 5.74) is 0.582. The molecule has 0 unspecified atom stereocenters. The van der Waals surface area contributed by atoms with Crippen LogP contribution in [0.2, 0.25) is 0 Å². The highest BCUT2D eigenvalue weighted by Gasteiger charge is 2.29. The summed E-state index contributed by atoms with van der Waals surface area (Å²) in [5, 5.41) is 0. The molecule has 1 heterocycles. The molecular weight excluding hydrogens is 411 g/mol. The van der Waals surface area contributed by atoms with E-state index in [9.17, 15) is 17.6 Å². The number of rotatable bonds is 10. The number of benzene rings is 2. The first-order valence-electron chi connectivity index (χ1n) is 9.67. The van der Waals surface area contributed by atoms with Crippen molar-refractivity contribution in [3.63, 3.8) is 0 Å². The SMILES string of the molecule is O=C(CCCCCN=C1NS(=O)(=O)c2ccccc21)OCCOc1ccccc1F. The molecule has 30 heavy (non-hydrogen) atoms. The van der Waals surface area contributed by atoms with Crippen LogP contribution >= 0.6 is 0 Å². The van der Waals surface area contributed by atoms with Gasteiger partial charge in [-0.25, -0.2) is 12.8 Å².